The third-order valence-electron chi connectivity index (χ3n) is 2.91. The van der Waals surface area contributed by atoms with Gasteiger partial charge in [0.1, 0.15) is 0 Å². The molecule has 0 saturated heterocycles. The molecule has 2 atom stereocenters. The van der Waals surface area contributed by atoms with Crippen LogP contribution in [0.25, 0.3) is 0 Å². The Morgan fingerprint density at radius 3 is 2.29 bits per heavy atom. The van der Waals surface area contributed by atoms with Gasteiger partial charge in [-0.25, -0.2) is 4.79 Å². The highest BCUT2D eigenvalue weighted by molar-refractivity contribution is 5.74. The first kappa shape index (κ1) is 13.6. The molecule has 2 amide bonds. The summed E-state index contributed by atoms with van der Waals surface area (Å²) in [7, 11) is 0. The lowest BCUT2D eigenvalue weighted by atomic mass is 10.1. The summed E-state index contributed by atoms with van der Waals surface area (Å²) < 4.78 is 0. The minimum atomic E-state index is -0.0879. The molecule has 0 radical (unpaired) electrons. The number of urea groups is 1. The van der Waals surface area contributed by atoms with Gasteiger partial charge < -0.3 is 10.6 Å². The summed E-state index contributed by atoms with van der Waals surface area (Å²) >= 11 is 0. The first-order chi connectivity index (χ1) is 8.17. The standard InChI is InChI=1S/C14H22N2O/c1-4-11(3)15-14(17)16-13(5-2)12-9-7-6-8-10-12/h6-11,13H,4-5H2,1-3H3,(H2,15,16,17)/t11-,13+/m1/s1. The van der Waals surface area contributed by atoms with Gasteiger partial charge in [0, 0.05) is 6.04 Å². The van der Waals surface area contributed by atoms with E-state index < -0.39 is 0 Å². The lowest BCUT2D eigenvalue weighted by Crippen LogP contribution is -2.42. The summed E-state index contributed by atoms with van der Waals surface area (Å²) in [5.74, 6) is 0. The highest BCUT2D eigenvalue weighted by Gasteiger charge is 2.12. The number of benzene rings is 1. The zero-order valence-corrected chi connectivity index (χ0v) is 10.9. The topological polar surface area (TPSA) is 41.1 Å². The molecule has 0 heterocycles. The molecule has 3 nitrogen and oxygen atoms in total. The van der Waals surface area contributed by atoms with Gasteiger partial charge in [-0.15, -0.1) is 0 Å². The summed E-state index contributed by atoms with van der Waals surface area (Å²) in [5, 5.41) is 5.91. The molecule has 0 spiro atoms. The van der Waals surface area contributed by atoms with E-state index in [4.69, 9.17) is 0 Å². The smallest absolute Gasteiger partial charge is 0.315 e. The third kappa shape index (κ3) is 4.47. The van der Waals surface area contributed by atoms with Gasteiger partial charge >= 0.3 is 6.03 Å². The zero-order chi connectivity index (χ0) is 12.7. The number of carbonyl (C=O) groups is 1. The molecule has 2 N–H and O–H groups in total. The van der Waals surface area contributed by atoms with Crippen LogP contribution < -0.4 is 10.6 Å². The number of hydrogen-bond donors (Lipinski definition) is 2. The van der Waals surface area contributed by atoms with Crippen molar-refractivity contribution in [3.63, 3.8) is 0 Å². The van der Waals surface area contributed by atoms with Gasteiger partial charge in [0.05, 0.1) is 6.04 Å². The van der Waals surface area contributed by atoms with Gasteiger partial charge in [-0.1, -0.05) is 44.2 Å². The Hall–Kier alpha value is -1.51. The molecular formula is C14H22N2O. The van der Waals surface area contributed by atoms with Crippen LogP contribution in [0.2, 0.25) is 0 Å². The predicted octanol–water partition coefficient (Wildman–Crippen LogP) is 3.24. The van der Waals surface area contributed by atoms with Crippen molar-refractivity contribution in [3.05, 3.63) is 35.9 Å². The molecule has 0 aliphatic rings. The average molecular weight is 234 g/mol. The van der Waals surface area contributed by atoms with Crippen LogP contribution in [0, 0.1) is 0 Å². The predicted molar refractivity (Wildman–Crippen MR) is 70.9 cm³/mol. The molecule has 0 bridgehead atoms. The van der Waals surface area contributed by atoms with Crippen molar-refractivity contribution >= 4 is 6.03 Å². The summed E-state index contributed by atoms with van der Waals surface area (Å²) in [6, 6.07) is 10.3. The Labute approximate surface area is 104 Å². The fourth-order valence-electron chi connectivity index (χ4n) is 1.63. The molecule has 1 rings (SSSR count). The molecule has 94 valence electrons. The summed E-state index contributed by atoms with van der Waals surface area (Å²) in [5.41, 5.74) is 1.15. The van der Waals surface area contributed by atoms with Crippen molar-refractivity contribution in [2.24, 2.45) is 0 Å². The van der Waals surface area contributed by atoms with Crippen LogP contribution >= 0.6 is 0 Å². The van der Waals surface area contributed by atoms with E-state index in [1.165, 1.54) is 0 Å². The highest BCUT2D eigenvalue weighted by Crippen LogP contribution is 2.15. The van der Waals surface area contributed by atoms with E-state index in [0.717, 1.165) is 18.4 Å². The second-order valence-electron chi connectivity index (χ2n) is 4.30. The van der Waals surface area contributed by atoms with Crippen LogP contribution in [0.5, 0.6) is 0 Å². The molecule has 17 heavy (non-hydrogen) atoms. The fraction of sp³-hybridized carbons (Fsp3) is 0.500. The van der Waals surface area contributed by atoms with Gasteiger partial charge in [-0.05, 0) is 25.3 Å². The van der Waals surface area contributed by atoms with Crippen molar-refractivity contribution in [2.45, 2.75) is 45.7 Å². The second kappa shape index (κ2) is 6.94. The van der Waals surface area contributed by atoms with Gasteiger partial charge in [0.15, 0.2) is 0 Å². The van der Waals surface area contributed by atoms with Crippen LogP contribution in [0.1, 0.15) is 45.2 Å². The first-order valence-electron chi connectivity index (χ1n) is 6.29. The van der Waals surface area contributed by atoms with E-state index in [2.05, 4.69) is 24.5 Å². The average Bonchev–Trinajstić information content (AvgIpc) is 2.36. The highest BCUT2D eigenvalue weighted by atomic mass is 16.2. The Balaban J connectivity index is 2.56. The minimum absolute atomic E-state index is 0.0836. The molecular weight excluding hydrogens is 212 g/mol. The summed E-state index contributed by atoms with van der Waals surface area (Å²) in [6.45, 7) is 6.13. The molecule has 0 fully saturated rings. The fourth-order valence-corrected chi connectivity index (χ4v) is 1.63. The molecule has 0 saturated carbocycles. The number of rotatable bonds is 5. The van der Waals surface area contributed by atoms with Gasteiger partial charge in [-0.3, -0.25) is 0 Å². The van der Waals surface area contributed by atoms with Gasteiger partial charge in [-0.2, -0.15) is 0 Å². The maximum Gasteiger partial charge on any atom is 0.315 e. The van der Waals surface area contributed by atoms with E-state index >= 15 is 0 Å². The van der Waals surface area contributed by atoms with Crippen molar-refractivity contribution in [2.75, 3.05) is 0 Å². The van der Waals surface area contributed by atoms with Crippen LogP contribution in [0.4, 0.5) is 4.79 Å². The van der Waals surface area contributed by atoms with Gasteiger partial charge in [0.2, 0.25) is 0 Å². The zero-order valence-electron chi connectivity index (χ0n) is 10.9. The van der Waals surface area contributed by atoms with Crippen LogP contribution in [-0.2, 0) is 0 Å². The molecule has 3 heteroatoms. The number of hydrogen-bond acceptors (Lipinski definition) is 1. The van der Waals surface area contributed by atoms with E-state index in [-0.39, 0.29) is 18.1 Å². The van der Waals surface area contributed by atoms with E-state index in [1.54, 1.807) is 0 Å². The van der Waals surface area contributed by atoms with Crippen molar-refractivity contribution < 1.29 is 4.79 Å². The molecule has 0 aliphatic carbocycles. The SMILES string of the molecule is CC[C@@H](C)NC(=O)N[C@@H](CC)c1ccccc1. The molecule has 0 aliphatic heterocycles. The number of amides is 2. The molecule has 0 unspecified atom stereocenters. The Morgan fingerprint density at radius 2 is 1.76 bits per heavy atom. The maximum absolute atomic E-state index is 11.7. The van der Waals surface area contributed by atoms with E-state index in [9.17, 15) is 4.79 Å². The van der Waals surface area contributed by atoms with Gasteiger partial charge in [0.25, 0.3) is 0 Å². The first-order valence-corrected chi connectivity index (χ1v) is 6.29. The molecule has 1 aromatic carbocycles. The summed E-state index contributed by atoms with van der Waals surface area (Å²) in [4.78, 5) is 11.7. The minimum Gasteiger partial charge on any atom is -0.336 e. The second-order valence-corrected chi connectivity index (χ2v) is 4.30. The quantitative estimate of drug-likeness (QED) is 0.807. The Bertz CT molecular complexity index is 337. The van der Waals surface area contributed by atoms with Crippen molar-refractivity contribution in [1.82, 2.24) is 10.6 Å². The van der Waals surface area contributed by atoms with Crippen molar-refractivity contribution in [3.8, 4) is 0 Å². The lowest BCUT2D eigenvalue weighted by molar-refractivity contribution is 0.233. The Kier molecular flexibility index (Phi) is 5.53. The monoisotopic (exact) mass is 234 g/mol. The van der Waals surface area contributed by atoms with Crippen molar-refractivity contribution in [1.29, 1.82) is 0 Å². The van der Waals surface area contributed by atoms with Crippen LogP contribution in [0.15, 0.2) is 30.3 Å². The normalized spacial score (nSPS) is 13.8. The van der Waals surface area contributed by atoms with Crippen LogP contribution in [0.3, 0.4) is 0 Å². The van der Waals surface area contributed by atoms with Crippen LogP contribution in [-0.4, -0.2) is 12.1 Å². The molecule has 0 aromatic heterocycles. The maximum atomic E-state index is 11.7. The van der Waals surface area contributed by atoms with E-state index in [1.807, 2.05) is 37.3 Å². The Morgan fingerprint density at radius 1 is 1.12 bits per heavy atom. The largest absolute Gasteiger partial charge is 0.336 e. The van der Waals surface area contributed by atoms with E-state index in [0.29, 0.717) is 0 Å². The third-order valence-corrected chi connectivity index (χ3v) is 2.91. The molecule has 1 aromatic rings. The number of nitrogens with one attached hydrogen (secondary N) is 2. The number of carbonyl (C=O) groups excluding carboxylic acids is 1. The summed E-state index contributed by atoms with van der Waals surface area (Å²) in [6.07, 6.45) is 1.83. The lowest BCUT2D eigenvalue weighted by Gasteiger charge is -2.19.